The molecule has 1 aromatic heterocycles. The zero-order valence-corrected chi connectivity index (χ0v) is 8.27. The van der Waals surface area contributed by atoms with Crippen molar-refractivity contribution in [2.24, 2.45) is 0 Å². The minimum Gasteiger partial charge on any atom is -0.396 e. The van der Waals surface area contributed by atoms with Crippen LogP contribution in [0.2, 0.25) is 0 Å². The first kappa shape index (κ1) is 9.48. The third kappa shape index (κ3) is 2.05. The molecule has 0 amide bonds. The van der Waals surface area contributed by atoms with Crippen LogP contribution < -0.4 is 5.73 Å². The van der Waals surface area contributed by atoms with E-state index in [0.29, 0.717) is 26.4 Å². The molecule has 2 N–H and O–H groups in total. The highest BCUT2D eigenvalue weighted by Gasteiger charge is 2.15. The molecule has 2 rings (SSSR count). The number of nitrogens with two attached hydrogens (primary N) is 1. The SMILES string of the molecule is Cc1nn(CC2COCCO2)cc1N. The number of nitrogens with zero attached hydrogens (tertiary/aromatic N) is 2. The molecule has 1 fully saturated rings. The second-order valence-corrected chi connectivity index (χ2v) is 3.46. The Labute approximate surface area is 82.8 Å². The molecule has 1 unspecified atom stereocenters. The van der Waals surface area contributed by atoms with E-state index in [2.05, 4.69) is 5.10 Å². The van der Waals surface area contributed by atoms with Crippen LogP contribution in [0.25, 0.3) is 0 Å². The predicted octanol–water partition coefficient (Wildman–Crippen LogP) is 0.189. The van der Waals surface area contributed by atoms with Gasteiger partial charge in [0.25, 0.3) is 0 Å². The van der Waals surface area contributed by atoms with Crippen LogP contribution in [0.3, 0.4) is 0 Å². The van der Waals surface area contributed by atoms with E-state index in [1.54, 1.807) is 0 Å². The van der Waals surface area contributed by atoms with E-state index in [1.807, 2.05) is 17.8 Å². The molecule has 5 nitrogen and oxygen atoms in total. The second kappa shape index (κ2) is 3.98. The van der Waals surface area contributed by atoms with Gasteiger partial charge in [0.2, 0.25) is 0 Å². The maximum Gasteiger partial charge on any atom is 0.100 e. The number of ether oxygens (including phenoxy) is 2. The monoisotopic (exact) mass is 197 g/mol. The average molecular weight is 197 g/mol. The minimum atomic E-state index is 0.0995. The maximum absolute atomic E-state index is 5.69. The first-order chi connectivity index (χ1) is 6.75. The third-order valence-electron chi connectivity index (χ3n) is 2.26. The Balaban J connectivity index is 1.95. The van der Waals surface area contributed by atoms with Crippen molar-refractivity contribution in [1.82, 2.24) is 9.78 Å². The lowest BCUT2D eigenvalue weighted by Crippen LogP contribution is -2.32. The van der Waals surface area contributed by atoms with E-state index in [0.717, 1.165) is 11.4 Å². The standard InChI is InChI=1S/C9H15N3O2/c1-7-9(10)5-12(11-7)4-8-6-13-2-3-14-8/h5,8H,2-4,6,10H2,1H3. The number of rotatable bonds is 2. The summed E-state index contributed by atoms with van der Waals surface area (Å²) >= 11 is 0. The fraction of sp³-hybridized carbons (Fsp3) is 0.667. The molecule has 1 atom stereocenters. The average Bonchev–Trinajstić information content (AvgIpc) is 2.47. The van der Waals surface area contributed by atoms with Crippen LogP contribution in [0.5, 0.6) is 0 Å². The van der Waals surface area contributed by atoms with Crippen LogP contribution >= 0.6 is 0 Å². The lowest BCUT2D eigenvalue weighted by atomic mass is 10.3. The topological polar surface area (TPSA) is 62.3 Å². The van der Waals surface area contributed by atoms with Gasteiger partial charge < -0.3 is 15.2 Å². The maximum atomic E-state index is 5.69. The summed E-state index contributed by atoms with van der Waals surface area (Å²) in [5.41, 5.74) is 7.28. The van der Waals surface area contributed by atoms with Gasteiger partial charge in [-0.1, -0.05) is 0 Å². The molecule has 78 valence electrons. The lowest BCUT2D eigenvalue weighted by molar-refractivity contribution is -0.0946. The zero-order chi connectivity index (χ0) is 9.97. The van der Waals surface area contributed by atoms with Crippen LogP contribution in [0.15, 0.2) is 6.20 Å². The van der Waals surface area contributed by atoms with Crippen LogP contribution in [0.4, 0.5) is 5.69 Å². The fourth-order valence-electron chi connectivity index (χ4n) is 1.48. The van der Waals surface area contributed by atoms with E-state index in [1.165, 1.54) is 0 Å². The molecule has 0 bridgehead atoms. The summed E-state index contributed by atoms with van der Waals surface area (Å²) in [6, 6.07) is 0. The van der Waals surface area contributed by atoms with Crippen LogP contribution in [0, 0.1) is 6.92 Å². The number of aromatic nitrogens is 2. The van der Waals surface area contributed by atoms with Gasteiger partial charge >= 0.3 is 0 Å². The summed E-state index contributed by atoms with van der Waals surface area (Å²) in [5.74, 6) is 0. The molecule has 0 aliphatic carbocycles. The van der Waals surface area contributed by atoms with E-state index in [9.17, 15) is 0 Å². The molecule has 0 saturated carbocycles. The molecule has 1 saturated heterocycles. The predicted molar refractivity (Wildman–Crippen MR) is 51.9 cm³/mol. The normalized spacial score (nSPS) is 22.5. The van der Waals surface area contributed by atoms with Crippen molar-refractivity contribution < 1.29 is 9.47 Å². The van der Waals surface area contributed by atoms with Crippen LogP contribution in [-0.2, 0) is 16.0 Å². The van der Waals surface area contributed by atoms with E-state index in [4.69, 9.17) is 15.2 Å². The molecule has 0 aromatic carbocycles. The molecular formula is C9H15N3O2. The van der Waals surface area contributed by atoms with E-state index in [-0.39, 0.29) is 6.10 Å². The van der Waals surface area contributed by atoms with Gasteiger partial charge in [0.05, 0.1) is 37.7 Å². The Bertz CT molecular complexity index is 286. The summed E-state index contributed by atoms with van der Waals surface area (Å²) < 4.78 is 12.6. The van der Waals surface area contributed by atoms with Gasteiger partial charge in [-0.2, -0.15) is 5.10 Å². The second-order valence-electron chi connectivity index (χ2n) is 3.46. The van der Waals surface area contributed by atoms with Crippen molar-refractivity contribution in [2.75, 3.05) is 25.6 Å². The van der Waals surface area contributed by atoms with Gasteiger partial charge in [0.15, 0.2) is 0 Å². The van der Waals surface area contributed by atoms with Gasteiger partial charge in [-0.15, -0.1) is 0 Å². The lowest BCUT2D eigenvalue weighted by Gasteiger charge is -2.22. The highest BCUT2D eigenvalue weighted by atomic mass is 16.6. The highest BCUT2D eigenvalue weighted by molar-refractivity contribution is 5.39. The summed E-state index contributed by atoms with van der Waals surface area (Å²) in [6.07, 6.45) is 1.93. The molecule has 1 aliphatic heterocycles. The molecule has 0 radical (unpaired) electrons. The van der Waals surface area contributed by atoms with Gasteiger partial charge in [-0.05, 0) is 6.92 Å². The van der Waals surface area contributed by atoms with Crippen molar-refractivity contribution in [3.8, 4) is 0 Å². The summed E-state index contributed by atoms with van der Waals surface area (Å²) in [7, 11) is 0. The number of nitrogen functional groups attached to an aromatic ring is 1. The van der Waals surface area contributed by atoms with Gasteiger partial charge in [0, 0.05) is 6.20 Å². The fourth-order valence-corrected chi connectivity index (χ4v) is 1.48. The van der Waals surface area contributed by atoms with Crippen molar-refractivity contribution in [1.29, 1.82) is 0 Å². The van der Waals surface area contributed by atoms with Crippen LogP contribution in [0.1, 0.15) is 5.69 Å². The number of hydrogen-bond donors (Lipinski definition) is 1. The third-order valence-corrected chi connectivity index (χ3v) is 2.26. The molecule has 2 heterocycles. The van der Waals surface area contributed by atoms with Gasteiger partial charge in [-0.3, -0.25) is 4.68 Å². The zero-order valence-electron chi connectivity index (χ0n) is 8.27. The number of hydrogen-bond acceptors (Lipinski definition) is 4. The van der Waals surface area contributed by atoms with Crippen molar-refractivity contribution in [3.63, 3.8) is 0 Å². The molecule has 1 aromatic rings. The summed E-state index contributed by atoms with van der Waals surface area (Å²) in [5, 5.41) is 4.26. The Morgan fingerprint density at radius 3 is 3.07 bits per heavy atom. The minimum absolute atomic E-state index is 0.0995. The summed E-state index contributed by atoms with van der Waals surface area (Å²) in [4.78, 5) is 0. The first-order valence-electron chi connectivity index (χ1n) is 4.74. The van der Waals surface area contributed by atoms with Crippen molar-refractivity contribution in [3.05, 3.63) is 11.9 Å². The Morgan fingerprint density at radius 2 is 2.50 bits per heavy atom. The molecule has 14 heavy (non-hydrogen) atoms. The van der Waals surface area contributed by atoms with Crippen LogP contribution in [-0.4, -0.2) is 35.7 Å². The van der Waals surface area contributed by atoms with Gasteiger partial charge in [0.1, 0.15) is 6.10 Å². The van der Waals surface area contributed by atoms with Gasteiger partial charge in [-0.25, -0.2) is 0 Å². The number of anilines is 1. The van der Waals surface area contributed by atoms with Crippen molar-refractivity contribution >= 4 is 5.69 Å². The van der Waals surface area contributed by atoms with E-state index >= 15 is 0 Å². The molecular weight excluding hydrogens is 182 g/mol. The van der Waals surface area contributed by atoms with Crippen molar-refractivity contribution in [2.45, 2.75) is 19.6 Å². The Kier molecular flexibility index (Phi) is 2.69. The van der Waals surface area contributed by atoms with E-state index < -0.39 is 0 Å². The Hall–Kier alpha value is -1.07. The molecule has 0 spiro atoms. The largest absolute Gasteiger partial charge is 0.396 e. The molecule has 5 heteroatoms. The Morgan fingerprint density at radius 1 is 1.64 bits per heavy atom. The first-order valence-corrected chi connectivity index (χ1v) is 4.74. The highest BCUT2D eigenvalue weighted by Crippen LogP contribution is 2.09. The molecule has 1 aliphatic rings. The number of aryl methyl sites for hydroxylation is 1. The summed E-state index contributed by atoms with van der Waals surface area (Å²) in [6.45, 7) is 4.60. The smallest absolute Gasteiger partial charge is 0.100 e. The quantitative estimate of drug-likeness (QED) is 0.735.